The summed E-state index contributed by atoms with van der Waals surface area (Å²) in [6.07, 6.45) is -2.86. The first-order chi connectivity index (χ1) is 10.3. The molecular weight excluding hydrogens is 299 g/mol. The number of carboxylic acid groups (broad SMARTS) is 1. The van der Waals surface area contributed by atoms with E-state index < -0.39 is 35.6 Å². The molecular formula is C15H16F3NO3. The smallest absolute Gasteiger partial charge is 0.416 e. The number of benzene rings is 1. The highest BCUT2D eigenvalue weighted by atomic mass is 19.4. The van der Waals surface area contributed by atoms with Crippen LogP contribution in [0.5, 0.6) is 0 Å². The second-order valence-corrected chi connectivity index (χ2v) is 5.42. The predicted octanol–water partition coefficient (Wildman–Crippen LogP) is 2.62. The third kappa shape index (κ3) is 3.99. The molecule has 0 aliphatic heterocycles. The van der Waals surface area contributed by atoms with Crippen LogP contribution in [0.4, 0.5) is 13.2 Å². The van der Waals surface area contributed by atoms with Gasteiger partial charge in [-0.2, -0.15) is 13.2 Å². The SMILES string of the molecule is O=C(Cc1cccc(C(F)(F)F)c1)N[C@H]1CCC[C@H]1C(=O)O. The molecule has 22 heavy (non-hydrogen) atoms. The van der Waals surface area contributed by atoms with Gasteiger partial charge in [-0.25, -0.2) is 0 Å². The van der Waals surface area contributed by atoms with Crippen LogP contribution >= 0.6 is 0 Å². The summed E-state index contributed by atoms with van der Waals surface area (Å²) in [5.74, 6) is -2.04. The van der Waals surface area contributed by atoms with Crippen molar-refractivity contribution in [3.05, 3.63) is 35.4 Å². The number of halogens is 3. The van der Waals surface area contributed by atoms with E-state index in [0.29, 0.717) is 19.3 Å². The fourth-order valence-electron chi connectivity index (χ4n) is 2.73. The molecule has 2 N–H and O–H groups in total. The van der Waals surface area contributed by atoms with Crippen LogP contribution in [0.2, 0.25) is 0 Å². The molecule has 0 heterocycles. The summed E-state index contributed by atoms with van der Waals surface area (Å²) in [7, 11) is 0. The maximum Gasteiger partial charge on any atom is 0.416 e. The van der Waals surface area contributed by atoms with Gasteiger partial charge in [0.1, 0.15) is 0 Å². The van der Waals surface area contributed by atoms with Crippen molar-refractivity contribution in [2.45, 2.75) is 37.9 Å². The van der Waals surface area contributed by atoms with Crippen molar-refractivity contribution in [1.82, 2.24) is 5.32 Å². The van der Waals surface area contributed by atoms with Crippen molar-refractivity contribution in [3.63, 3.8) is 0 Å². The summed E-state index contributed by atoms with van der Waals surface area (Å²) in [6, 6.07) is 4.12. The average Bonchev–Trinajstić information content (AvgIpc) is 2.86. The number of carbonyl (C=O) groups is 2. The van der Waals surface area contributed by atoms with Gasteiger partial charge in [0.15, 0.2) is 0 Å². The van der Waals surface area contributed by atoms with Crippen LogP contribution in [0.1, 0.15) is 30.4 Å². The van der Waals surface area contributed by atoms with E-state index in [1.54, 1.807) is 0 Å². The first-order valence-electron chi connectivity index (χ1n) is 6.95. The number of aliphatic carboxylic acids is 1. The lowest BCUT2D eigenvalue weighted by Crippen LogP contribution is -2.40. The van der Waals surface area contributed by atoms with Crippen LogP contribution in [0.3, 0.4) is 0 Å². The number of nitrogens with one attached hydrogen (secondary N) is 1. The fourth-order valence-corrected chi connectivity index (χ4v) is 2.73. The molecule has 2 rings (SSSR count). The molecule has 7 heteroatoms. The number of hydrogen-bond donors (Lipinski definition) is 2. The van der Waals surface area contributed by atoms with Crippen LogP contribution in [0.15, 0.2) is 24.3 Å². The van der Waals surface area contributed by atoms with Gasteiger partial charge in [-0.3, -0.25) is 9.59 Å². The summed E-state index contributed by atoms with van der Waals surface area (Å²) < 4.78 is 37.8. The Morgan fingerprint density at radius 1 is 1.27 bits per heavy atom. The van der Waals surface area contributed by atoms with E-state index in [0.717, 1.165) is 12.1 Å². The second kappa shape index (κ2) is 6.37. The lowest BCUT2D eigenvalue weighted by atomic mass is 10.0. The Morgan fingerprint density at radius 2 is 2.00 bits per heavy atom. The minimum atomic E-state index is -4.45. The standard InChI is InChI=1S/C15H16F3NO3/c16-15(17,18)10-4-1-3-9(7-10)8-13(20)19-12-6-2-5-11(12)14(21)22/h1,3-4,7,11-12H,2,5-6,8H2,(H,19,20)(H,21,22)/t11-,12+/m1/s1. The molecule has 4 nitrogen and oxygen atoms in total. The van der Waals surface area contributed by atoms with Crippen LogP contribution < -0.4 is 5.32 Å². The maximum absolute atomic E-state index is 12.6. The normalized spacial score (nSPS) is 21.6. The molecule has 120 valence electrons. The van der Waals surface area contributed by atoms with Crippen LogP contribution in [0, 0.1) is 5.92 Å². The third-order valence-corrected chi connectivity index (χ3v) is 3.80. The summed E-state index contributed by atoms with van der Waals surface area (Å²) >= 11 is 0. The van der Waals surface area contributed by atoms with Crippen molar-refractivity contribution in [3.8, 4) is 0 Å². The molecule has 1 aromatic carbocycles. The van der Waals surface area contributed by atoms with Gasteiger partial charge < -0.3 is 10.4 Å². The number of alkyl halides is 3. The van der Waals surface area contributed by atoms with Crippen molar-refractivity contribution < 1.29 is 27.9 Å². The molecule has 0 spiro atoms. The van der Waals surface area contributed by atoms with Gasteiger partial charge >= 0.3 is 12.1 Å². The highest BCUT2D eigenvalue weighted by molar-refractivity contribution is 5.80. The summed E-state index contributed by atoms with van der Waals surface area (Å²) in [5, 5.41) is 11.7. The van der Waals surface area contributed by atoms with E-state index in [1.165, 1.54) is 12.1 Å². The fraction of sp³-hybridized carbons (Fsp3) is 0.467. The minimum absolute atomic E-state index is 0.202. The predicted molar refractivity (Wildman–Crippen MR) is 72.1 cm³/mol. The van der Waals surface area contributed by atoms with Gasteiger partial charge in [0.05, 0.1) is 17.9 Å². The Balaban J connectivity index is 1.99. The topological polar surface area (TPSA) is 66.4 Å². The third-order valence-electron chi connectivity index (χ3n) is 3.80. The van der Waals surface area contributed by atoms with Gasteiger partial charge in [-0.1, -0.05) is 24.6 Å². The summed E-state index contributed by atoms with van der Waals surface area (Å²) in [6.45, 7) is 0. The molecule has 2 atom stereocenters. The molecule has 0 saturated heterocycles. The number of rotatable bonds is 4. The minimum Gasteiger partial charge on any atom is -0.481 e. The highest BCUT2D eigenvalue weighted by Crippen LogP contribution is 2.30. The van der Waals surface area contributed by atoms with Crippen LogP contribution in [-0.2, 0) is 22.2 Å². The first-order valence-corrected chi connectivity index (χ1v) is 6.95. The Bertz CT molecular complexity index is 571. The highest BCUT2D eigenvalue weighted by Gasteiger charge is 2.34. The summed E-state index contributed by atoms with van der Waals surface area (Å²) in [5.41, 5.74) is -0.556. The molecule has 1 aliphatic carbocycles. The lowest BCUT2D eigenvalue weighted by Gasteiger charge is -2.17. The van der Waals surface area contributed by atoms with Gasteiger partial charge in [-0.15, -0.1) is 0 Å². The molecule has 0 bridgehead atoms. The Labute approximate surface area is 125 Å². The average molecular weight is 315 g/mol. The zero-order valence-corrected chi connectivity index (χ0v) is 11.7. The quantitative estimate of drug-likeness (QED) is 0.897. The number of carbonyl (C=O) groups excluding carboxylic acids is 1. The van der Waals surface area contributed by atoms with E-state index in [9.17, 15) is 22.8 Å². The zero-order chi connectivity index (χ0) is 16.3. The molecule has 1 aromatic rings. The molecule has 1 aliphatic rings. The van der Waals surface area contributed by atoms with E-state index >= 15 is 0 Å². The second-order valence-electron chi connectivity index (χ2n) is 5.42. The maximum atomic E-state index is 12.6. The number of hydrogen-bond acceptors (Lipinski definition) is 2. The van der Waals surface area contributed by atoms with Gasteiger partial charge in [0, 0.05) is 6.04 Å². The summed E-state index contributed by atoms with van der Waals surface area (Å²) in [4.78, 5) is 22.9. The molecule has 1 saturated carbocycles. The molecule has 1 amide bonds. The van der Waals surface area contributed by atoms with E-state index in [2.05, 4.69) is 5.32 Å². The van der Waals surface area contributed by atoms with Crippen molar-refractivity contribution in [2.75, 3.05) is 0 Å². The van der Waals surface area contributed by atoms with Gasteiger partial charge in [0.25, 0.3) is 0 Å². The number of amides is 1. The molecule has 0 unspecified atom stereocenters. The van der Waals surface area contributed by atoms with Gasteiger partial charge in [-0.05, 0) is 24.5 Å². The first kappa shape index (κ1) is 16.3. The molecule has 0 aromatic heterocycles. The number of carboxylic acids is 1. The molecule has 1 fully saturated rings. The van der Waals surface area contributed by atoms with Gasteiger partial charge in [0.2, 0.25) is 5.91 Å². The lowest BCUT2D eigenvalue weighted by molar-refractivity contribution is -0.142. The van der Waals surface area contributed by atoms with E-state index in [-0.39, 0.29) is 12.0 Å². The largest absolute Gasteiger partial charge is 0.481 e. The molecule has 0 radical (unpaired) electrons. The van der Waals surface area contributed by atoms with E-state index in [4.69, 9.17) is 5.11 Å². The Kier molecular flexibility index (Phi) is 4.73. The van der Waals surface area contributed by atoms with Crippen LogP contribution in [0.25, 0.3) is 0 Å². The van der Waals surface area contributed by atoms with Crippen molar-refractivity contribution >= 4 is 11.9 Å². The zero-order valence-electron chi connectivity index (χ0n) is 11.7. The van der Waals surface area contributed by atoms with Crippen molar-refractivity contribution in [2.24, 2.45) is 5.92 Å². The Hall–Kier alpha value is -2.05. The van der Waals surface area contributed by atoms with Crippen LogP contribution in [-0.4, -0.2) is 23.0 Å². The monoisotopic (exact) mass is 315 g/mol. The Morgan fingerprint density at radius 3 is 2.64 bits per heavy atom. The van der Waals surface area contributed by atoms with Crippen molar-refractivity contribution in [1.29, 1.82) is 0 Å². The van der Waals surface area contributed by atoms with E-state index in [1.807, 2.05) is 0 Å².